The Morgan fingerprint density at radius 3 is 1.58 bits per heavy atom. The molecule has 0 saturated heterocycles. The van der Waals surface area contributed by atoms with E-state index in [-0.39, 0.29) is 17.3 Å². The Balaban J connectivity index is 2.30. The van der Waals surface area contributed by atoms with E-state index < -0.39 is 11.8 Å². The van der Waals surface area contributed by atoms with Gasteiger partial charge in [-0.05, 0) is 36.1 Å². The summed E-state index contributed by atoms with van der Waals surface area (Å²) in [6.07, 6.45) is 1.35. The van der Waals surface area contributed by atoms with E-state index in [9.17, 15) is 15.0 Å². The summed E-state index contributed by atoms with van der Waals surface area (Å²) >= 11 is 11.6. The van der Waals surface area contributed by atoms with Crippen molar-refractivity contribution in [1.82, 2.24) is 0 Å². The van der Waals surface area contributed by atoms with Gasteiger partial charge in [-0.15, -0.1) is 23.2 Å². The third-order valence-electron chi connectivity index (χ3n) is 4.74. The molecule has 0 aliphatic rings. The third-order valence-corrected chi connectivity index (χ3v) is 5.11. The lowest BCUT2D eigenvalue weighted by molar-refractivity contribution is -0.121. The number of alkyl halides is 2. The van der Waals surface area contributed by atoms with Gasteiger partial charge in [0.2, 0.25) is 0 Å². The van der Waals surface area contributed by atoms with Crippen LogP contribution in [0.15, 0.2) is 36.4 Å². The number of Topliss-reactive ketones (excluding diaryl/α,β-unsaturated/α-hetero) is 1. The van der Waals surface area contributed by atoms with Gasteiger partial charge in [0.15, 0.2) is 0 Å². The fraction of sp³-hybridized carbons (Fsp3) is 0.381. The minimum atomic E-state index is -0.503. The number of hydrogen-bond donors (Lipinski definition) is 2. The molecule has 0 fully saturated rings. The zero-order chi connectivity index (χ0) is 19.3. The first-order chi connectivity index (χ1) is 12.4. The van der Waals surface area contributed by atoms with Crippen molar-refractivity contribution in [3.05, 3.63) is 58.7 Å². The lowest BCUT2D eigenvalue weighted by Gasteiger charge is -2.20. The summed E-state index contributed by atoms with van der Waals surface area (Å²) in [4.78, 5) is 13.0. The predicted molar refractivity (Wildman–Crippen MR) is 107 cm³/mol. The fourth-order valence-electron chi connectivity index (χ4n) is 3.11. The Morgan fingerprint density at radius 2 is 1.23 bits per heavy atom. The molecule has 0 amide bonds. The third kappa shape index (κ3) is 4.72. The first-order valence-corrected chi connectivity index (χ1v) is 9.75. The molecule has 0 aliphatic heterocycles. The Hall–Kier alpha value is -1.71. The van der Waals surface area contributed by atoms with Gasteiger partial charge in [0.05, 0.1) is 0 Å². The number of hydrogen-bond acceptors (Lipinski definition) is 3. The minimum Gasteiger partial charge on any atom is -0.508 e. The number of aryl methyl sites for hydroxylation is 2. The van der Waals surface area contributed by atoms with E-state index in [4.69, 9.17) is 23.2 Å². The van der Waals surface area contributed by atoms with Crippen molar-refractivity contribution < 1.29 is 15.0 Å². The van der Waals surface area contributed by atoms with Crippen molar-refractivity contribution in [3.63, 3.8) is 0 Å². The van der Waals surface area contributed by atoms with Gasteiger partial charge >= 0.3 is 0 Å². The average molecular weight is 395 g/mol. The van der Waals surface area contributed by atoms with Gasteiger partial charge < -0.3 is 10.2 Å². The first kappa shape index (κ1) is 20.6. The van der Waals surface area contributed by atoms with E-state index in [1.807, 2.05) is 24.3 Å². The van der Waals surface area contributed by atoms with Crippen LogP contribution in [0.2, 0.25) is 0 Å². The highest BCUT2D eigenvalue weighted by Crippen LogP contribution is 2.35. The number of halogens is 2. The summed E-state index contributed by atoms with van der Waals surface area (Å²) < 4.78 is 0. The van der Waals surface area contributed by atoms with E-state index in [1.54, 1.807) is 26.0 Å². The maximum Gasteiger partial charge on any atom is 0.147 e. The SMILES string of the molecule is CC(C(=O)C(C)c1cc(CCCl)ccc1O)c1cc(CCCl)ccc1O. The average Bonchev–Trinajstić information content (AvgIpc) is 2.63. The molecular weight excluding hydrogens is 371 g/mol. The van der Waals surface area contributed by atoms with Crippen LogP contribution in [0.5, 0.6) is 11.5 Å². The van der Waals surface area contributed by atoms with Gasteiger partial charge in [-0.2, -0.15) is 0 Å². The van der Waals surface area contributed by atoms with Crippen LogP contribution in [-0.2, 0) is 17.6 Å². The number of carbonyl (C=O) groups is 1. The van der Waals surface area contributed by atoms with Gasteiger partial charge in [-0.3, -0.25) is 4.79 Å². The standard InChI is InChI=1S/C21H24Cl2O3/c1-13(17-11-15(7-9-22)3-5-19(17)24)21(26)14(2)18-12-16(8-10-23)4-6-20(18)25/h3-6,11-14,24-25H,7-10H2,1-2H3. The van der Waals surface area contributed by atoms with Crippen LogP contribution in [-0.4, -0.2) is 27.8 Å². The summed E-state index contributed by atoms with van der Waals surface area (Å²) in [5, 5.41) is 20.4. The molecule has 0 bridgehead atoms. The topological polar surface area (TPSA) is 57.5 Å². The molecule has 0 spiro atoms. The largest absolute Gasteiger partial charge is 0.508 e. The van der Waals surface area contributed by atoms with E-state index in [1.165, 1.54) is 0 Å². The lowest BCUT2D eigenvalue weighted by atomic mass is 9.84. The summed E-state index contributed by atoms with van der Waals surface area (Å²) in [6, 6.07) is 10.5. The minimum absolute atomic E-state index is 0.0679. The number of rotatable bonds is 8. The highest BCUT2D eigenvalue weighted by atomic mass is 35.5. The second-order valence-corrected chi connectivity index (χ2v) is 7.27. The van der Waals surface area contributed by atoms with Crippen LogP contribution >= 0.6 is 23.2 Å². The zero-order valence-corrected chi connectivity index (χ0v) is 16.5. The van der Waals surface area contributed by atoms with Crippen LogP contribution < -0.4 is 0 Å². The lowest BCUT2D eigenvalue weighted by Crippen LogP contribution is -2.17. The molecule has 26 heavy (non-hydrogen) atoms. The molecule has 140 valence electrons. The molecule has 2 N–H and O–H groups in total. The molecule has 2 rings (SSSR count). The number of phenols is 2. The van der Waals surface area contributed by atoms with Crippen molar-refractivity contribution in [2.45, 2.75) is 38.5 Å². The zero-order valence-electron chi connectivity index (χ0n) is 15.0. The molecule has 0 saturated carbocycles. The van der Waals surface area contributed by atoms with Crippen LogP contribution in [0.1, 0.15) is 47.9 Å². The van der Waals surface area contributed by atoms with Crippen LogP contribution in [0.4, 0.5) is 0 Å². The van der Waals surface area contributed by atoms with Crippen molar-refractivity contribution >= 4 is 29.0 Å². The molecule has 2 aromatic rings. The monoisotopic (exact) mass is 394 g/mol. The van der Waals surface area contributed by atoms with Gasteiger partial charge in [0, 0.05) is 34.7 Å². The summed E-state index contributed by atoms with van der Waals surface area (Å²) in [6.45, 7) is 3.55. The highest BCUT2D eigenvalue weighted by molar-refractivity contribution is 6.18. The first-order valence-electron chi connectivity index (χ1n) is 8.68. The van der Waals surface area contributed by atoms with Gasteiger partial charge in [0.1, 0.15) is 17.3 Å². The smallest absolute Gasteiger partial charge is 0.147 e. The number of aromatic hydroxyl groups is 2. The van der Waals surface area contributed by atoms with E-state index in [2.05, 4.69) is 0 Å². The maximum atomic E-state index is 13.0. The molecule has 2 atom stereocenters. The normalized spacial score (nSPS) is 13.4. The van der Waals surface area contributed by atoms with Gasteiger partial charge in [-0.25, -0.2) is 0 Å². The predicted octanol–water partition coefficient (Wildman–Crippen LogP) is 5.14. The number of carbonyl (C=O) groups excluding carboxylic acids is 1. The highest BCUT2D eigenvalue weighted by Gasteiger charge is 2.26. The van der Waals surface area contributed by atoms with Gasteiger partial charge in [0.25, 0.3) is 0 Å². The molecule has 0 aliphatic carbocycles. The Morgan fingerprint density at radius 1 is 0.846 bits per heavy atom. The Labute approximate surface area is 164 Å². The molecule has 5 heteroatoms. The second kappa shape index (κ2) is 9.29. The maximum absolute atomic E-state index is 13.0. The molecule has 0 radical (unpaired) electrons. The van der Waals surface area contributed by atoms with E-state index >= 15 is 0 Å². The number of phenolic OH excluding ortho intramolecular Hbond substituents is 2. The summed E-state index contributed by atoms with van der Waals surface area (Å²) in [7, 11) is 0. The Kier molecular flexibility index (Phi) is 7.36. The Bertz CT molecular complexity index is 710. The summed E-state index contributed by atoms with van der Waals surface area (Å²) in [5.41, 5.74) is 3.13. The second-order valence-electron chi connectivity index (χ2n) is 6.51. The van der Waals surface area contributed by atoms with E-state index in [0.717, 1.165) is 11.1 Å². The molecule has 0 aromatic heterocycles. The van der Waals surface area contributed by atoms with Crippen molar-refractivity contribution in [2.24, 2.45) is 0 Å². The number of ketones is 1. The van der Waals surface area contributed by atoms with Crippen molar-refractivity contribution in [1.29, 1.82) is 0 Å². The van der Waals surface area contributed by atoms with Crippen molar-refractivity contribution in [3.8, 4) is 11.5 Å². The van der Waals surface area contributed by atoms with Crippen molar-refractivity contribution in [2.75, 3.05) is 11.8 Å². The molecule has 3 nitrogen and oxygen atoms in total. The molecular formula is C21H24Cl2O3. The van der Waals surface area contributed by atoms with Crippen LogP contribution in [0.25, 0.3) is 0 Å². The van der Waals surface area contributed by atoms with E-state index in [0.29, 0.717) is 35.7 Å². The molecule has 2 aromatic carbocycles. The summed E-state index contributed by atoms with van der Waals surface area (Å²) in [5.74, 6) is 0.0660. The van der Waals surface area contributed by atoms with Crippen LogP contribution in [0, 0.1) is 0 Å². The number of benzene rings is 2. The van der Waals surface area contributed by atoms with Crippen LogP contribution in [0.3, 0.4) is 0 Å². The fourth-order valence-corrected chi connectivity index (χ4v) is 3.55. The van der Waals surface area contributed by atoms with Gasteiger partial charge in [-0.1, -0.05) is 38.1 Å². The molecule has 0 heterocycles. The quantitative estimate of drug-likeness (QED) is 0.609. The molecule has 2 unspecified atom stereocenters.